The minimum absolute atomic E-state index is 0.121. The third-order valence-corrected chi connectivity index (χ3v) is 2.57. The van der Waals surface area contributed by atoms with Gasteiger partial charge in [-0.2, -0.15) is 0 Å². The molecule has 1 aromatic heterocycles. The van der Waals surface area contributed by atoms with Crippen LogP contribution in [0.3, 0.4) is 0 Å². The van der Waals surface area contributed by atoms with E-state index in [4.69, 9.17) is 4.74 Å². The number of nitrogens with zero attached hydrogens (tertiary/aromatic N) is 1. The molecule has 0 aliphatic carbocycles. The molecule has 0 amide bonds. The highest BCUT2D eigenvalue weighted by Crippen LogP contribution is 2.26. The average molecular weight is 311 g/mol. The molecule has 0 bridgehead atoms. The first-order chi connectivity index (χ1) is 10.5. The summed E-state index contributed by atoms with van der Waals surface area (Å²) in [6.45, 7) is -0.550. The van der Waals surface area contributed by atoms with Gasteiger partial charge in [0.1, 0.15) is 23.1 Å². The molecule has 1 N–H and O–H groups in total. The molecule has 0 aliphatic heterocycles. The first-order valence-electron chi connectivity index (χ1n) is 6.12. The van der Waals surface area contributed by atoms with Crippen LogP contribution >= 0.6 is 0 Å². The minimum Gasteiger partial charge on any atom is -0.545 e. The van der Waals surface area contributed by atoms with Crippen molar-refractivity contribution >= 4 is 11.8 Å². The summed E-state index contributed by atoms with van der Waals surface area (Å²) in [6.07, 6.45) is -1.33. The smallest absolute Gasteiger partial charge is 0.255 e. The first kappa shape index (κ1) is 15.6. The number of alkyl halides is 2. The van der Waals surface area contributed by atoms with Crippen molar-refractivity contribution in [2.24, 2.45) is 0 Å². The number of pyridine rings is 1. The van der Waals surface area contributed by atoms with Gasteiger partial charge in [-0.25, -0.2) is 18.2 Å². The summed E-state index contributed by atoms with van der Waals surface area (Å²) in [5.74, 6) is -2.11. The molecule has 0 radical (unpaired) electrons. The zero-order valence-corrected chi connectivity index (χ0v) is 11.1. The van der Waals surface area contributed by atoms with E-state index in [1.165, 1.54) is 18.3 Å². The van der Waals surface area contributed by atoms with Gasteiger partial charge in [0.15, 0.2) is 0 Å². The molecule has 1 heterocycles. The van der Waals surface area contributed by atoms with E-state index in [1.807, 2.05) is 0 Å². The summed E-state index contributed by atoms with van der Waals surface area (Å²) in [5, 5.41) is 13.3. The van der Waals surface area contributed by atoms with Gasteiger partial charge in [-0.05, 0) is 24.3 Å². The highest BCUT2D eigenvalue weighted by atomic mass is 19.3. The van der Waals surface area contributed by atoms with Crippen LogP contribution in [-0.4, -0.2) is 23.9 Å². The molecule has 22 heavy (non-hydrogen) atoms. The van der Waals surface area contributed by atoms with Crippen molar-refractivity contribution in [1.29, 1.82) is 0 Å². The molecule has 2 aromatic rings. The highest BCUT2D eigenvalue weighted by molar-refractivity contribution is 5.89. The van der Waals surface area contributed by atoms with E-state index >= 15 is 0 Å². The van der Waals surface area contributed by atoms with Gasteiger partial charge >= 0.3 is 0 Å². The lowest BCUT2D eigenvalue weighted by Crippen LogP contribution is -2.22. The second kappa shape index (κ2) is 6.79. The maximum atomic E-state index is 13.2. The first-order valence-corrected chi connectivity index (χ1v) is 6.12. The van der Waals surface area contributed by atoms with E-state index in [-0.39, 0.29) is 22.9 Å². The molecule has 1 aromatic carbocycles. The number of aromatic carboxylic acids is 1. The van der Waals surface area contributed by atoms with Crippen molar-refractivity contribution in [3.8, 4) is 11.5 Å². The highest BCUT2D eigenvalue weighted by Gasteiger charge is 2.09. The van der Waals surface area contributed by atoms with Crippen LogP contribution in [0.2, 0.25) is 0 Å². The van der Waals surface area contributed by atoms with Crippen LogP contribution in [0.15, 0.2) is 36.5 Å². The van der Waals surface area contributed by atoms with E-state index in [0.717, 1.165) is 18.2 Å². The fourth-order valence-corrected chi connectivity index (χ4v) is 1.60. The lowest BCUT2D eigenvalue weighted by molar-refractivity contribution is -0.255. The summed E-state index contributed by atoms with van der Waals surface area (Å²) < 4.78 is 42.5. The second-order valence-corrected chi connectivity index (χ2v) is 4.18. The van der Waals surface area contributed by atoms with E-state index in [0.29, 0.717) is 0 Å². The third kappa shape index (κ3) is 4.11. The quantitative estimate of drug-likeness (QED) is 0.884. The van der Waals surface area contributed by atoms with Crippen LogP contribution in [0.1, 0.15) is 10.4 Å². The summed E-state index contributed by atoms with van der Waals surface area (Å²) in [4.78, 5) is 14.7. The van der Waals surface area contributed by atoms with Crippen LogP contribution < -0.4 is 15.2 Å². The van der Waals surface area contributed by atoms with Gasteiger partial charge in [0.2, 0.25) is 0 Å². The third-order valence-electron chi connectivity index (χ3n) is 2.57. The number of anilines is 1. The van der Waals surface area contributed by atoms with Crippen LogP contribution in [0.4, 0.5) is 19.0 Å². The van der Waals surface area contributed by atoms with Crippen molar-refractivity contribution in [3.05, 3.63) is 47.9 Å². The number of halogens is 3. The number of benzene rings is 1. The van der Waals surface area contributed by atoms with Crippen LogP contribution in [0, 0.1) is 5.82 Å². The Labute approximate surface area is 123 Å². The SMILES string of the molecule is O=C([O-])c1ccc(F)cc1Oc1ccc(NCC(F)F)nc1. The Morgan fingerprint density at radius 3 is 2.68 bits per heavy atom. The number of aromatic nitrogens is 1. The molecule has 2 rings (SSSR count). The Balaban J connectivity index is 2.14. The predicted molar refractivity (Wildman–Crippen MR) is 69.5 cm³/mol. The molecule has 0 fully saturated rings. The Hall–Kier alpha value is -2.77. The molecular formula is C14H10F3N2O3-. The van der Waals surface area contributed by atoms with Crippen molar-refractivity contribution in [3.63, 3.8) is 0 Å². The number of carbonyl (C=O) groups is 1. The number of carboxylic acid groups (broad SMARTS) is 1. The van der Waals surface area contributed by atoms with E-state index in [2.05, 4.69) is 10.3 Å². The number of hydrogen-bond acceptors (Lipinski definition) is 5. The Morgan fingerprint density at radius 1 is 1.32 bits per heavy atom. The van der Waals surface area contributed by atoms with Gasteiger partial charge < -0.3 is 20.0 Å². The predicted octanol–water partition coefficient (Wildman–Crippen LogP) is 2.05. The number of nitrogens with one attached hydrogen (secondary N) is 1. The summed E-state index contributed by atoms with van der Waals surface area (Å²) in [5.41, 5.74) is -0.318. The Bertz CT molecular complexity index is 663. The lowest BCUT2D eigenvalue weighted by atomic mass is 10.2. The van der Waals surface area contributed by atoms with E-state index < -0.39 is 24.8 Å². The molecule has 0 saturated carbocycles. The topological polar surface area (TPSA) is 74.3 Å². The molecule has 0 aliphatic rings. The molecule has 0 spiro atoms. The average Bonchev–Trinajstić information content (AvgIpc) is 2.46. The molecule has 0 atom stereocenters. The summed E-state index contributed by atoms with van der Waals surface area (Å²) in [6, 6.07) is 5.63. The molecule has 5 nitrogen and oxygen atoms in total. The van der Waals surface area contributed by atoms with Crippen molar-refractivity contribution in [2.75, 3.05) is 11.9 Å². The maximum absolute atomic E-state index is 13.2. The maximum Gasteiger partial charge on any atom is 0.255 e. The molecule has 8 heteroatoms. The van der Waals surface area contributed by atoms with E-state index in [1.54, 1.807) is 0 Å². The number of hydrogen-bond donors (Lipinski definition) is 1. The molecule has 0 saturated heterocycles. The Morgan fingerprint density at radius 2 is 2.09 bits per heavy atom. The summed E-state index contributed by atoms with van der Waals surface area (Å²) in [7, 11) is 0. The van der Waals surface area contributed by atoms with Gasteiger partial charge in [-0.3, -0.25) is 0 Å². The molecule has 116 valence electrons. The van der Waals surface area contributed by atoms with E-state index in [9.17, 15) is 23.1 Å². The zero-order chi connectivity index (χ0) is 16.1. The molecular weight excluding hydrogens is 301 g/mol. The summed E-state index contributed by atoms with van der Waals surface area (Å²) >= 11 is 0. The number of carbonyl (C=O) groups excluding carboxylic acids is 1. The van der Waals surface area contributed by atoms with Crippen LogP contribution in [-0.2, 0) is 0 Å². The number of carboxylic acids is 1. The monoisotopic (exact) mass is 311 g/mol. The number of ether oxygens (including phenoxy) is 1. The zero-order valence-electron chi connectivity index (χ0n) is 11.1. The fraction of sp³-hybridized carbons (Fsp3) is 0.143. The number of rotatable bonds is 6. The van der Waals surface area contributed by atoms with Crippen molar-refractivity contribution in [2.45, 2.75) is 6.43 Å². The van der Waals surface area contributed by atoms with Crippen molar-refractivity contribution in [1.82, 2.24) is 4.98 Å². The van der Waals surface area contributed by atoms with Gasteiger partial charge in [0.05, 0.1) is 18.7 Å². The fourth-order valence-electron chi connectivity index (χ4n) is 1.60. The minimum atomic E-state index is -2.52. The second-order valence-electron chi connectivity index (χ2n) is 4.18. The molecule has 0 unspecified atom stereocenters. The standard InChI is InChI=1S/C14H11F3N2O3/c15-8-1-3-10(14(20)21)11(5-8)22-9-2-4-13(18-6-9)19-7-12(16)17/h1-6,12H,7H2,(H,18,19)(H,20,21)/p-1. The van der Waals surface area contributed by atoms with Crippen LogP contribution in [0.5, 0.6) is 11.5 Å². The van der Waals surface area contributed by atoms with Gasteiger partial charge in [-0.1, -0.05) is 0 Å². The van der Waals surface area contributed by atoms with Crippen molar-refractivity contribution < 1.29 is 27.8 Å². The van der Waals surface area contributed by atoms with Gasteiger partial charge in [0.25, 0.3) is 6.43 Å². The largest absolute Gasteiger partial charge is 0.545 e. The van der Waals surface area contributed by atoms with Gasteiger partial charge in [0, 0.05) is 11.6 Å². The van der Waals surface area contributed by atoms with Crippen LogP contribution in [0.25, 0.3) is 0 Å². The Kier molecular flexibility index (Phi) is 4.82. The lowest BCUT2D eigenvalue weighted by Gasteiger charge is -2.12. The normalized spacial score (nSPS) is 10.5. The van der Waals surface area contributed by atoms with Gasteiger partial charge in [-0.15, -0.1) is 0 Å².